The Morgan fingerprint density at radius 1 is 1.40 bits per heavy atom. The van der Waals surface area contributed by atoms with Crippen molar-refractivity contribution in [2.24, 2.45) is 0 Å². The highest BCUT2D eigenvalue weighted by Crippen LogP contribution is 2.26. The number of morpholine rings is 1. The molecule has 0 unspecified atom stereocenters. The first-order valence-corrected chi connectivity index (χ1v) is 6.23. The van der Waals surface area contributed by atoms with E-state index < -0.39 is 0 Å². The summed E-state index contributed by atoms with van der Waals surface area (Å²) in [6.07, 6.45) is 3.02. The van der Waals surface area contributed by atoms with Gasteiger partial charge in [-0.3, -0.25) is 4.90 Å². The lowest BCUT2D eigenvalue weighted by Gasteiger charge is -2.41. The van der Waals surface area contributed by atoms with Crippen LogP contribution in [-0.4, -0.2) is 48.8 Å². The van der Waals surface area contributed by atoms with Gasteiger partial charge in [0.15, 0.2) is 0 Å². The van der Waals surface area contributed by atoms with E-state index in [2.05, 4.69) is 31.0 Å². The predicted molar refractivity (Wildman–Crippen MR) is 62.1 cm³/mol. The number of rotatable bonds is 4. The molecule has 2 aliphatic rings. The third kappa shape index (κ3) is 2.92. The SMILES string of the molecule is CCN1CCO[C@H](C(C)(C)NC2CC2)C1. The first-order valence-electron chi connectivity index (χ1n) is 6.23. The van der Waals surface area contributed by atoms with Crippen LogP contribution in [0.2, 0.25) is 0 Å². The van der Waals surface area contributed by atoms with E-state index in [4.69, 9.17) is 4.74 Å². The van der Waals surface area contributed by atoms with Crippen LogP contribution in [0.5, 0.6) is 0 Å². The number of nitrogens with one attached hydrogen (secondary N) is 1. The van der Waals surface area contributed by atoms with Crippen LogP contribution in [0.3, 0.4) is 0 Å². The highest BCUT2D eigenvalue weighted by Gasteiger charge is 2.37. The first kappa shape index (κ1) is 11.4. The molecule has 0 radical (unpaired) electrons. The fourth-order valence-electron chi connectivity index (χ4n) is 2.27. The number of nitrogens with zero attached hydrogens (tertiary/aromatic N) is 1. The van der Waals surface area contributed by atoms with E-state index in [1.54, 1.807) is 0 Å². The van der Waals surface area contributed by atoms with Gasteiger partial charge in [-0.2, -0.15) is 0 Å². The van der Waals surface area contributed by atoms with Gasteiger partial charge in [0.25, 0.3) is 0 Å². The predicted octanol–water partition coefficient (Wildman–Crippen LogP) is 1.24. The van der Waals surface area contributed by atoms with Gasteiger partial charge in [-0.15, -0.1) is 0 Å². The van der Waals surface area contributed by atoms with Crippen molar-refractivity contribution in [3.05, 3.63) is 0 Å². The Morgan fingerprint density at radius 2 is 2.13 bits per heavy atom. The molecule has 1 aliphatic heterocycles. The third-order valence-corrected chi connectivity index (χ3v) is 3.56. The van der Waals surface area contributed by atoms with Crippen LogP contribution in [0.1, 0.15) is 33.6 Å². The minimum Gasteiger partial charge on any atom is -0.374 e. The quantitative estimate of drug-likeness (QED) is 0.759. The topological polar surface area (TPSA) is 24.5 Å². The zero-order valence-electron chi connectivity index (χ0n) is 10.3. The van der Waals surface area contributed by atoms with Gasteiger partial charge in [-0.05, 0) is 33.2 Å². The van der Waals surface area contributed by atoms with Crippen LogP contribution in [-0.2, 0) is 4.74 Å². The molecule has 3 nitrogen and oxygen atoms in total. The van der Waals surface area contributed by atoms with E-state index in [-0.39, 0.29) is 5.54 Å². The molecule has 1 heterocycles. The van der Waals surface area contributed by atoms with Gasteiger partial charge in [0.05, 0.1) is 12.7 Å². The van der Waals surface area contributed by atoms with E-state index in [1.165, 1.54) is 12.8 Å². The average molecular weight is 212 g/mol. The van der Waals surface area contributed by atoms with Gasteiger partial charge in [0.2, 0.25) is 0 Å². The summed E-state index contributed by atoms with van der Waals surface area (Å²) in [5, 5.41) is 3.69. The number of ether oxygens (including phenoxy) is 1. The highest BCUT2D eigenvalue weighted by atomic mass is 16.5. The summed E-state index contributed by atoms with van der Waals surface area (Å²) in [6, 6.07) is 0.751. The van der Waals surface area contributed by atoms with Crippen LogP contribution < -0.4 is 5.32 Å². The molecule has 0 aromatic carbocycles. The van der Waals surface area contributed by atoms with Crippen LogP contribution >= 0.6 is 0 Å². The van der Waals surface area contributed by atoms with E-state index >= 15 is 0 Å². The molecular weight excluding hydrogens is 188 g/mol. The molecule has 0 bridgehead atoms. The smallest absolute Gasteiger partial charge is 0.0878 e. The largest absolute Gasteiger partial charge is 0.374 e. The molecule has 3 heteroatoms. The van der Waals surface area contributed by atoms with Gasteiger partial charge < -0.3 is 10.1 Å². The Hall–Kier alpha value is -0.120. The van der Waals surface area contributed by atoms with Crippen molar-refractivity contribution in [2.75, 3.05) is 26.2 Å². The van der Waals surface area contributed by atoms with E-state index in [1.807, 2.05) is 0 Å². The summed E-state index contributed by atoms with van der Waals surface area (Å²) >= 11 is 0. The highest BCUT2D eigenvalue weighted by molar-refractivity contribution is 4.96. The molecule has 0 aromatic rings. The van der Waals surface area contributed by atoms with Gasteiger partial charge in [-0.1, -0.05) is 6.92 Å². The van der Waals surface area contributed by atoms with Crippen LogP contribution in [0.15, 0.2) is 0 Å². The molecule has 0 aromatic heterocycles. The Kier molecular flexibility index (Phi) is 3.33. The molecule has 1 atom stereocenters. The van der Waals surface area contributed by atoms with Gasteiger partial charge in [-0.25, -0.2) is 0 Å². The Balaban J connectivity index is 1.89. The maximum absolute atomic E-state index is 5.90. The van der Waals surface area contributed by atoms with Crippen molar-refractivity contribution in [2.45, 2.75) is 51.3 Å². The van der Waals surface area contributed by atoms with E-state index in [0.717, 1.165) is 32.3 Å². The summed E-state index contributed by atoms with van der Waals surface area (Å²) in [4.78, 5) is 2.48. The summed E-state index contributed by atoms with van der Waals surface area (Å²) < 4.78 is 5.90. The molecule has 0 spiro atoms. The Morgan fingerprint density at radius 3 is 2.73 bits per heavy atom. The monoisotopic (exact) mass is 212 g/mol. The molecule has 1 saturated heterocycles. The number of likely N-dealkylation sites (N-methyl/N-ethyl adjacent to an activating group) is 1. The number of hydrogen-bond donors (Lipinski definition) is 1. The molecular formula is C12H24N2O. The molecule has 1 saturated carbocycles. The van der Waals surface area contributed by atoms with Crippen molar-refractivity contribution >= 4 is 0 Å². The van der Waals surface area contributed by atoms with Crippen LogP contribution in [0, 0.1) is 0 Å². The summed E-state index contributed by atoms with van der Waals surface area (Å²) in [5.41, 5.74) is 0.120. The fourth-order valence-corrected chi connectivity index (χ4v) is 2.27. The summed E-state index contributed by atoms with van der Waals surface area (Å²) in [6.45, 7) is 11.0. The zero-order valence-corrected chi connectivity index (χ0v) is 10.3. The third-order valence-electron chi connectivity index (χ3n) is 3.56. The standard InChI is InChI=1S/C12H24N2O/c1-4-14-7-8-15-11(9-14)12(2,3)13-10-5-6-10/h10-11,13H,4-9H2,1-3H3/t11-/m0/s1. The van der Waals surface area contributed by atoms with E-state index in [0.29, 0.717) is 6.10 Å². The molecule has 0 amide bonds. The maximum atomic E-state index is 5.90. The lowest BCUT2D eigenvalue weighted by molar-refractivity contribution is -0.0666. The molecule has 1 aliphatic carbocycles. The van der Waals surface area contributed by atoms with Crippen molar-refractivity contribution in [3.63, 3.8) is 0 Å². The zero-order chi connectivity index (χ0) is 10.9. The van der Waals surface area contributed by atoms with Gasteiger partial charge in [0, 0.05) is 24.7 Å². The van der Waals surface area contributed by atoms with E-state index in [9.17, 15) is 0 Å². The van der Waals surface area contributed by atoms with Gasteiger partial charge in [0.1, 0.15) is 0 Å². The Bertz CT molecular complexity index is 214. The molecule has 88 valence electrons. The minimum atomic E-state index is 0.120. The number of hydrogen-bond acceptors (Lipinski definition) is 3. The molecule has 2 fully saturated rings. The van der Waals surface area contributed by atoms with Crippen molar-refractivity contribution in [3.8, 4) is 0 Å². The molecule has 2 rings (SSSR count). The second kappa shape index (κ2) is 4.40. The minimum absolute atomic E-state index is 0.120. The first-order chi connectivity index (χ1) is 7.12. The Labute approximate surface area is 93.2 Å². The average Bonchev–Trinajstić information content (AvgIpc) is 3.01. The second-order valence-corrected chi connectivity index (χ2v) is 5.39. The van der Waals surface area contributed by atoms with Crippen LogP contribution in [0.4, 0.5) is 0 Å². The van der Waals surface area contributed by atoms with Crippen molar-refractivity contribution < 1.29 is 4.74 Å². The van der Waals surface area contributed by atoms with Gasteiger partial charge >= 0.3 is 0 Å². The summed E-state index contributed by atoms with van der Waals surface area (Å²) in [5.74, 6) is 0. The summed E-state index contributed by atoms with van der Waals surface area (Å²) in [7, 11) is 0. The molecule has 15 heavy (non-hydrogen) atoms. The van der Waals surface area contributed by atoms with Crippen LogP contribution in [0.25, 0.3) is 0 Å². The fraction of sp³-hybridized carbons (Fsp3) is 1.00. The van der Waals surface area contributed by atoms with Crippen molar-refractivity contribution in [1.82, 2.24) is 10.2 Å². The van der Waals surface area contributed by atoms with Crippen molar-refractivity contribution in [1.29, 1.82) is 0 Å². The molecule has 1 N–H and O–H groups in total. The lowest BCUT2D eigenvalue weighted by atomic mass is 9.95. The normalized spacial score (nSPS) is 29.4. The lowest BCUT2D eigenvalue weighted by Crippen LogP contribution is -2.58. The second-order valence-electron chi connectivity index (χ2n) is 5.39. The maximum Gasteiger partial charge on any atom is 0.0878 e.